The normalized spacial score (nSPS) is 30.2. The highest BCUT2D eigenvalue weighted by atomic mass is 16.6. The molecule has 3 amide bonds. The van der Waals surface area contributed by atoms with Gasteiger partial charge in [0.2, 0.25) is 5.91 Å². The first kappa shape index (κ1) is 19.5. The van der Waals surface area contributed by atoms with Gasteiger partial charge in [0.1, 0.15) is 0 Å². The second-order valence-corrected chi connectivity index (χ2v) is 8.02. The number of hydrogen-bond acceptors (Lipinski definition) is 5. The van der Waals surface area contributed by atoms with Crippen molar-refractivity contribution >= 4 is 17.9 Å². The maximum Gasteiger partial charge on any atom is 0.405 e. The largest absolute Gasteiger partial charge is 0.436 e. The Labute approximate surface area is 148 Å². The molecule has 4 atom stereocenters. The van der Waals surface area contributed by atoms with Gasteiger partial charge in [-0.3, -0.25) is 9.59 Å². The van der Waals surface area contributed by atoms with Crippen LogP contribution in [0.1, 0.15) is 53.4 Å². The predicted molar refractivity (Wildman–Crippen MR) is 92.7 cm³/mol. The molecule has 1 unspecified atom stereocenters. The lowest BCUT2D eigenvalue weighted by atomic mass is 9.84. The SMILES string of the molecule is CC(=O)N[C@@H]1C[C@H](NC(C)(C)C)CC[C@@H]1N1CCC(OC(N)=O)C1=O. The van der Waals surface area contributed by atoms with E-state index in [1.165, 1.54) is 6.92 Å². The van der Waals surface area contributed by atoms with Crippen LogP contribution >= 0.6 is 0 Å². The van der Waals surface area contributed by atoms with Gasteiger partial charge in [-0.1, -0.05) is 0 Å². The number of rotatable bonds is 4. The van der Waals surface area contributed by atoms with Crippen LogP contribution in [0.3, 0.4) is 0 Å². The number of nitrogens with zero attached hydrogens (tertiary/aromatic N) is 1. The minimum absolute atomic E-state index is 0.0117. The van der Waals surface area contributed by atoms with E-state index in [2.05, 4.69) is 31.4 Å². The molecule has 1 aliphatic carbocycles. The van der Waals surface area contributed by atoms with E-state index in [0.717, 1.165) is 19.3 Å². The van der Waals surface area contributed by atoms with Crippen LogP contribution in [0, 0.1) is 0 Å². The molecule has 0 spiro atoms. The third-order valence-electron chi connectivity index (χ3n) is 4.69. The number of hydrogen-bond donors (Lipinski definition) is 3. The Morgan fingerprint density at radius 2 is 1.92 bits per heavy atom. The zero-order valence-corrected chi connectivity index (χ0v) is 15.5. The molecule has 0 aromatic heterocycles. The number of likely N-dealkylation sites (tertiary alicyclic amines) is 1. The molecular weight excluding hydrogens is 324 g/mol. The molecule has 25 heavy (non-hydrogen) atoms. The lowest BCUT2D eigenvalue weighted by molar-refractivity contribution is -0.138. The summed E-state index contributed by atoms with van der Waals surface area (Å²) in [6.45, 7) is 8.34. The minimum atomic E-state index is -0.934. The summed E-state index contributed by atoms with van der Waals surface area (Å²) >= 11 is 0. The van der Waals surface area contributed by atoms with E-state index in [0.29, 0.717) is 13.0 Å². The molecule has 142 valence electrons. The summed E-state index contributed by atoms with van der Waals surface area (Å²) in [7, 11) is 0. The number of ether oxygens (including phenoxy) is 1. The lowest BCUT2D eigenvalue weighted by Crippen LogP contribution is -2.59. The smallest absolute Gasteiger partial charge is 0.405 e. The summed E-state index contributed by atoms with van der Waals surface area (Å²) in [5.41, 5.74) is 5.02. The second-order valence-electron chi connectivity index (χ2n) is 8.02. The van der Waals surface area contributed by atoms with Crippen molar-refractivity contribution in [1.29, 1.82) is 0 Å². The summed E-state index contributed by atoms with van der Waals surface area (Å²) in [4.78, 5) is 36.9. The van der Waals surface area contributed by atoms with E-state index in [-0.39, 0.29) is 35.5 Å². The molecule has 2 aliphatic rings. The van der Waals surface area contributed by atoms with Gasteiger partial charge in [0, 0.05) is 31.5 Å². The van der Waals surface area contributed by atoms with Gasteiger partial charge in [0.15, 0.2) is 6.10 Å². The van der Waals surface area contributed by atoms with Crippen LogP contribution in [0.15, 0.2) is 0 Å². The van der Waals surface area contributed by atoms with E-state index in [1.54, 1.807) is 4.90 Å². The van der Waals surface area contributed by atoms with Gasteiger partial charge >= 0.3 is 6.09 Å². The fourth-order valence-electron chi connectivity index (χ4n) is 3.94. The van der Waals surface area contributed by atoms with E-state index < -0.39 is 12.2 Å². The van der Waals surface area contributed by atoms with Crippen molar-refractivity contribution in [2.24, 2.45) is 5.73 Å². The molecule has 0 radical (unpaired) electrons. The molecule has 1 heterocycles. The molecule has 1 aliphatic heterocycles. The summed E-state index contributed by atoms with van der Waals surface area (Å²) in [6.07, 6.45) is 1.16. The lowest BCUT2D eigenvalue weighted by Gasteiger charge is -2.43. The molecule has 2 fully saturated rings. The summed E-state index contributed by atoms with van der Waals surface area (Å²) < 4.78 is 4.90. The summed E-state index contributed by atoms with van der Waals surface area (Å²) in [6, 6.07) is 0.0711. The number of carbonyl (C=O) groups excluding carboxylic acids is 3. The van der Waals surface area contributed by atoms with Crippen LogP contribution in [-0.4, -0.2) is 59.1 Å². The van der Waals surface area contributed by atoms with E-state index >= 15 is 0 Å². The standard InChI is InChI=1S/C17H30N4O4/c1-10(22)19-12-9-11(20-17(2,3)4)5-6-13(12)21-8-7-14(15(21)23)25-16(18)24/h11-14,20H,5-9H2,1-4H3,(H2,18,24)(H,19,22)/t11-,12-,13+,14?/m1/s1. The number of carbonyl (C=O) groups is 3. The van der Waals surface area contributed by atoms with Crippen LogP contribution < -0.4 is 16.4 Å². The van der Waals surface area contributed by atoms with Crippen molar-refractivity contribution in [3.8, 4) is 0 Å². The third-order valence-corrected chi connectivity index (χ3v) is 4.69. The molecule has 0 aromatic carbocycles. The Morgan fingerprint density at radius 3 is 2.48 bits per heavy atom. The molecule has 2 rings (SSSR count). The minimum Gasteiger partial charge on any atom is -0.436 e. The van der Waals surface area contributed by atoms with Crippen LogP contribution in [-0.2, 0) is 14.3 Å². The molecule has 8 heteroatoms. The zero-order valence-electron chi connectivity index (χ0n) is 15.5. The number of primary amides is 1. The summed E-state index contributed by atoms with van der Waals surface area (Å²) in [5, 5.41) is 6.57. The highest BCUT2D eigenvalue weighted by Crippen LogP contribution is 2.29. The monoisotopic (exact) mass is 354 g/mol. The molecule has 4 N–H and O–H groups in total. The molecule has 1 saturated carbocycles. The van der Waals surface area contributed by atoms with Crippen molar-refractivity contribution < 1.29 is 19.1 Å². The first-order valence-electron chi connectivity index (χ1n) is 8.88. The van der Waals surface area contributed by atoms with Gasteiger partial charge in [-0.05, 0) is 40.0 Å². The predicted octanol–water partition coefficient (Wildman–Crippen LogP) is 0.497. The average molecular weight is 354 g/mol. The number of nitrogens with two attached hydrogens (primary N) is 1. The fourth-order valence-corrected chi connectivity index (χ4v) is 3.94. The van der Waals surface area contributed by atoms with Gasteiger partial charge in [-0.15, -0.1) is 0 Å². The van der Waals surface area contributed by atoms with Crippen molar-refractivity contribution in [3.63, 3.8) is 0 Å². The first-order chi connectivity index (χ1) is 11.6. The molecule has 1 saturated heterocycles. The maximum atomic E-state index is 12.5. The van der Waals surface area contributed by atoms with Crippen molar-refractivity contribution in [1.82, 2.24) is 15.5 Å². The van der Waals surface area contributed by atoms with Crippen LogP contribution in [0.2, 0.25) is 0 Å². The van der Waals surface area contributed by atoms with Crippen LogP contribution in [0.5, 0.6) is 0 Å². The van der Waals surface area contributed by atoms with E-state index in [1.807, 2.05) is 0 Å². The molecular formula is C17H30N4O4. The Kier molecular flexibility index (Phi) is 5.92. The number of amides is 3. The van der Waals surface area contributed by atoms with Crippen molar-refractivity contribution in [2.45, 2.75) is 83.1 Å². The van der Waals surface area contributed by atoms with Gasteiger partial charge in [0.05, 0.1) is 12.1 Å². The quantitative estimate of drug-likeness (QED) is 0.680. The molecule has 0 aromatic rings. The average Bonchev–Trinajstić information content (AvgIpc) is 2.77. The first-order valence-corrected chi connectivity index (χ1v) is 8.88. The highest BCUT2D eigenvalue weighted by Gasteiger charge is 2.43. The maximum absolute atomic E-state index is 12.5. The fraction of sp³-hybridized carbons (Fsp3) is 0.824. The Morgan fingerprint density at radius 1 is 1.24 bits per heavy atom. The van der Waals surface area contributed by atoms with Crippen LogP contribution in [0.4, 0.5) is 4.79 Å². The van der Waals surface area contributed by atoms with Gasteiger partial charge in [-0.25, -0.2) is 4.79 Å². The Balaban J connectivity index is 2.07. The topological polar surface area (TPSA) is 114 Å². The number of nitrogens with one attached hydrogen (secondary N) is 2. The van der Waals surface area contributed by atoms with Gasteiger partial charge in [-0.2, -0.15) is 0 Å². The van der Waals surface area contributed by atoms with E-state index in [9.17, 15) is 14.4 Å². The van der Waals surface area contributed by atoms with E-state index in [4.69, 9.17) is 10.5 Å². The van der Waals surface area contributed by atoms with Crippen LogP contribution in [0.25, 0.3) is 0 Å². The van der Waals surface area contributed by atoms with Crippen molar-refractivity contribution in [2.75, 3.05) is 6.54 Å². The van der Waals surface area contributed by atoms with Gasteiger partial charge in [0.25, 0.3) is 5.91 Å². The third kappa shape index (κ3) is 5.32. The zero-order chi connectivity index (χ0) is 18.8. The summed E-state index contributed by atoms with van der Waals surface area (Å²) in [5.74, 6) is -0.329. The van der Waals surface area contributed by atoms with Crippen molar-refractivity contribution in [3.05, 3.63) is 0 Å². The Hall–Kier alpha value is -1.83. The molecule has 0 bridgehead atoms. The van der Waals surface area contributed by atoms with Gasteiger partial charge < -0.3 is 26.0 Å². The second kappa shape index (κ2) is 7.59. The highest BCUT2D eigenvalue weighted by molar-refractivity contribution is 5.85. The molecule has 8 nitrogen and oxygen atoms in total. The Bertz CT molecular complexity index is 531.